The minimum absolute atomic E-state index is 0.0226. The van der Waals surface area contributed by atoms with Gasteiger partial charge in [0.05, 0.1) is 16.3 Å². The largest absolute Gasteiger partial charge is 0.404 e. The number of benzene rings is 2. The third kappa shape index (κ3) is 7.09. The molecule has 3 aromatic rings. The van der Waals surface area contributed by atoms with Crippen LogP contribution in [-0.2, 0) is 0 Å². The van der Waals surface area contributed by atoms with Crippen LogP contribution in [0.15, 0.2) is 59.9 Å². The van der Waals surface area contributed by atoms with E-state index < -0.39 is 0 Å². The van der Waals surface area contributed by atoms with Gasteiger partial charge in [0.15, 0.2) is 0 Å². The first-order valence-corrected chi connectivity index (χ1v) is 13.0. The van der Waals surface area contributed by atoms with Gasteiger partial charge in [0.1, 0.15) is 5.69 Å². The number of nitrogens with one attached hydrogen (secondary N) is 1. The average molecular weight is 543 g/mol. The Labute approximate surface area is 236 Å². The number of aryl methyl sites for hydroxylation is 2. The molecule has 2 aromatic carbocycles. The molecule has 0 bridgehead atoms. The van der Waals surface area contributed by atoms with Crippen LogP contribution in [0.2, 0.25) is 0 Å². The van der Waals surface area contributed by atoms with Crippen molar-refractivity contribution in [3.05, 3.63) is 92.9 Å². The zero-order valence-corrected chi connectivity index (χ0v) is 24.3. The minimum atomic E-state index is -0.356. The first-order valence-electron chi connectivity index (χ1n) is 13.0. The number of likely N-dealkylation sites (N-methyl/N-ethyl adjacent to an activating group) is 2. The summed E-state index contributed by atoms with van der Waals surface area (Å²) in [6.45, 7) is 7.36. The molecular formula is C30H38N8O2. The molecule has 0 spiro atoms. The van der Waals surface area contributed by atoms with Crippen LogP contribution >= 0.6 is 0 Å². The predicted molar refractivity (Wildman–Crippen MR) is 165 cm³/mol. The van der Waals surface area contributed by atoms with Crippen molar-refractivity contribution in [2.45, 2.75) is 20.8 Å². The Kier molecular flexibility index (Phi) is 10.1. The Morgan fingerprint density at radius 3 is 2.48 bits per heavy atom. The fourth-order valence-electron chi connectivity index (χ4n) is 4.37. The van der Waals surface area contributed by atoms with Crippen molar-refractivity contribution < 1.29 is 4.92 Å². The van der Waals surface area contributed by atoms with Crippen molar-refractivity contribution in [3.63, 3.8) is 0 Å². The van der Waals surface area contributed by atoms with Gasteiger partial charge >= 0.3 is 0 Å². The second-order valence-electron chi connectivity index (χ2n) is 9.77. The number of aromatic nitrogens is 2. The van der Waals surface area contributed by atoms with E-state index >= 15 is 0 Å². The zero-order valence-electron chi connectivity index (χ0n) is 24.3. The van der Waals surface area contributed by atoms with Gasteiger partial charge < -0.3 is 20.9 Å². The second-order valence-corrected chi connectivity index (χ2v) is 9.77. The van der Waals surface area contributed by atoms with Crippen LogP contribution in [0.3, 0.4) is 0 Å². The van der Waals surface area contributed by atoms with Gasteiger partial charge in [-0.15, -0.1) is 0 Å². The van der Waals surface area contributed by atoms with Crippen molar-refractivity contribution in [1.82, 2.24) is 14.9 Å². The van der Waals surface area contributed by atoms with Gasteiger partial charge in [-0.1, -0.05) is 24.3 Å². The number of allylic oxidation sites excluding steroid dienone is 2. The predicted octanol–water partition coefficient (Wildman–Crippen LogP) is 5.19. The topological polar surface area (TPSA) is 126 Å². The van der Waals surface area contributed by atoms with Crippen LogP contribution < -0.4 is 16.0 Å². The van der Waals surface area contributed by atoms with E-state index in [9.17, 15) is 10.1 Å². The van der Waals surface area contributed by atoms with E-state index in [1.165, 1.54) is 0 Å². The summed E-state index contributed by atoms with van der Waals surface area (Å²) in [5, 5.41) is 15.2. The van der Waals surface area contributed by atoms with Crippen molar-refractivity contribution in [2.24, 2.45) is 10.7 Å². The van der Waals surface area contributed by atoms with E-state index in [-0.39, 0.29) is 10.6 Å². The summed E-state index contributed by atoms with van der Waals surface area (Å²) in [4.78, 5) is 28.8. The van der Waals surface area contributed by atoms with E-state index in [1.54, 1.807) is 31.7 Å². The Hall–Kier alpha value is -4.57. The molecule has 1 heterocycles. The molecule has 1 aromatic heterocycles. The van der Waals surface area contributed by atoms with Crippen LogP contribution in [0.1, 0.15) is 34.9 Å². The number of hydrogen-bond donors (Lipinski definition) is 2. The lowest BCUT2D eigenvalue weighted by molar-refractivity contribution is -0.384. The second kappa shape index (κ2) is 13.5. The number of nitro groups is 1. The van der Waals surface area contributed by atoms with Gasteiger partial charge in [0.25, 0.3) is 5.69 Å². The first kappa shape index (κ1) is 30.0. The van der Waals surface area contributed by atoms with Crippen LogP contribution in [0.25, 0.3) is 11.1 Å². The molecule has 40 heavy (non-hydrogen) atoms. The number of hydrogen-bond acceptors (Lipinski definition) is 9. The highest BCUT2D eigenvalue weighted by atomic mass is 16.6. The van der Waals surface area contributed by atoms with Gasteiger partial charge in [-0.2, -0.15) is 0 Å². The summed E-state index contributed by atoms with van der Waals surface area (Å²) in [5.74, 6) is 0.352. The Morgan fingerprint density at radius 1 is 1.12 bits per heavy atom. The lowest BCUT2D eigenvalue weighted by atomic mass is 9.94. The number of aliphatic imine (C=N–C) groups is 1. The molecule has 0 aliphatic rings. The molecule has 0 saturated carbocycles. The molecule has 0 atom stereocenters. The van der Waals surface area contributed by atoms with Crippen molar-refractivity contribution in [2.75, 3.05) is 51.5 Å². The SMILES string of the molecule is C/C=C(/c1ccnc(Nc2cc([N+](=O)[O-])c(N(C)CCN(C)C)cc2C)n1)c1ccc(C(C=NC)=CN)cc1C. The van der Waals surface area contributed by atoms with Gasteiger partial charge in [-0.3, -0.25) is 15.1 Å². The first-order chi connectivity index (χ1) is 19.1. The molecule has 0 saturated heterocycles. The molecule has 10 nitrogen and oxygen atoms in total. The molecule has 3 N–H and O–H groups in total. The third-order valence-electron chi connectivity index (χ3n) is 6.58. The maximum Gasteiger partial charge on any atom is 0.294 e. The van der Waals surface area contributed by atoms with Crippen molar-refractivity contribution >= 4 is 40.4 Å². The van der Waals surface area contributed by atoms with E-state index in [2.05, 4.69) is 21.4 Å². The summed E-state index contributed by atoms with van der Waals surface area (Å²) in [6, 6.07) is 11.3. The Morgan fingerprint density at radius 2 is 1.88 bits per heavy atom. The number of nitro benzene ring substituents is 1. The van der Waals surface area contributed by atoms with Gasteiger partial charge in [-0.25, -0.2) is 9.97 Å². The van der Waals surface area contributed by atoms with E-state index in [4.69, 9.17) is 10.7 Å². The molecule has 0 aliphatic heterocycles. The summed E-state index contributed by atoms with van der Waals surface area (Å²) in [6.07, 6.45) is 6.96. The Balaban J connectivity index is 1.94. The van der Waals surface area contributed by atoms with Crippen LogP contribution in [-0.4, -0.2) is 67.3 Å². The van der Waals surface area contributed by atoms with Crippen molar-refractivity contribution in [1.29, 1.82) is 0 Å². The molecule has 3 rings (SSSR count). The standard InChI is InChI=1S/C30H38N8O2/c1-8-24(25-10-9-22(15-20(25)2)23(18-31)19-32-4)26-11-12-33-30(34-26)35-27-17-29(38(39)40)28(16-21(27)3)37(7)14-13-36(5)6/h8-12,15-19H,13-14,31H2,1-7H3,(H,33,34,35)/b23-18?,24-8+,32-19?. The summed E-state index contributed by atoms with van der Waals surface area (Å²) >= 11 is 0. The summed E-state index contributed by atoms with van der Waals surface area (Å²) < 4.78 is 0. The molecule has 0 aliphatic carbocycles. The number of nitrogens with zero attached hydrogens (tertiary/aromatic N) is 6. The highest BCUT2D eigenvalue weighted by Crippen LogP contribution is 2.34. The molecular weight excluding hydrogens is 504 g/mol. The minimum Gasteiger partial charge on any atom is -0.404 e. The maximum absolute atomic E-state index is 12.0. The lowest BCUT2D eigenvalue weighted by Crippen LogP contribution is -2.29. The molecule has 10 heteroatoms. The molecule has 0 radical (unpaired) electrons. The number of anilines is 3. The maximum atomic E-state index is 12.0. The van der Waals surface area contributed by atoms with Gasteiger partial charge in [0.2, 0.25) is 5.95 Å². The van der Waals surface area contributed by atoms with Gasteiger partial charge in [0, 0.05) is 63.0 Å². The average Bonchev–Trinajstić information content (AvgIpc) is 2.92. The molecule has 210 valence electrons. The zero-order chi connectivity index (χ0) is 29.4. The Bertz CT molecular complexity index is 1460. The summed E-state index contributed by atoms with van der Waals surface area (Å²) in [7, 11) is 7.52. The van der Waals surface area contributed by atoms with E-state index in [0.29, 0.717) is 23.9 Å². The normalized spacial score (nSPS) is 12.3. The third-order valence-corrected chi connectivity index (χ3v) is 6.58. The van der Waals surface area contributed by atoms with Crippen LogP contribution in [0, 0.1) is 24.0 Å². The number of nitrogens with two attached hydrogens (primary N) is 1. The highest BCUT2D eigenvalue weighted by Gasteiger charge is 2.21. The molecule has 0 amide bonds. The van der Waals surface area contributed by atoms with Gasteiger partial charge in [-0.05, 0) is 69.3 Å². The fourth-order valence-corrected chi connectivity index (χ4v) is 4.37. The molecule has 0 fully saturated rings. The smallest absolute Gasteiger partial charge is 0.294 e. The monoisotopic (exact) mass is 542 g/mol. The number of rotatable bonds is 11. The van der Waals surface area contributed by atoms with E-state index in [0.717, 1.165) is 45.6 Å². The lowest BCUT2D eigenvalue weighted by Gasteiger charge is -2.22. The van der Waals surface area contributed by atoms with Crippen LogP contribution in [0.5, 0.6) is 0 Å². The van der Waals surface area contributed by atoms with Crippen molar-refractivity contribution in [3.8, 4) is 0 Å². The molecule has 0 unspecified atom stereocenters. The highest BCUT2D eigenvalue weighted by molar-refractivity contribution is 6.09. The van der Waals surface area contributed by atoms with Crippen LogP contribution in [0.4, 0.5) is 23.0 Å². The fraction of sp³-hybridized carbons (Fsp3) is 0.300. The quantitative estimate of drug-likeness (QED) is 0.192. The summed E-state index contributed by atoms with van der Waals surface area (Å²) in [5.41, 5.74) is 13.4. The van der Waals surface area contributed by atoms with E-state index in [1.807, 2.05) is 82.1 Å².